The largest absolute Gasteiger partial charge is 0.483 e. The summed E-state index contributed by atoms with van der Waals surface area (Å²) in [7, 11) is 1.53. The van der Waals surface area contributed by atoms with E-state index in [2.05, 4.69) is 5.32 Å². The lowest BCUT2D eigenvalue weighted by Crippen LogP contribution is -2.31. The molecule has 2 aromatic carbocycles. The van der Waals surface area contributed by atoms with E-state index in [0.29, 0.717) is 13.0 Å². The van der Waals surface area contributed by atoms with Gasteiger partial charge in [-0.05, 0) is 43.2 Å². The number of hydrogen-bond donors (Lipinski definition) is 1. The number of benzene rings is 2. The summed E-state index contributed by atoms with van der Waals surface area (Å²) in [5.41, 5.74) is 0.0416. The van der Waals surface area contributed by atoms with E-state index in [-0.39, 0.29) is 35.0 Å². The number of aryl methyl sites for hydroxylation is 1. The van der Waals surface area contributed by atoms with Crippen LogP contribution in [-0.4, -0.2) is 36.6 Å². The Kier molecular flexibility index (Phi) is 9.08. The van der Waals surface area contributed by atoms with Gasteiger partial charge in [0, 0.05) is 32.0 Å². The van der Waals surface area contributed by atoms with Gasteiger partial charge in [0.25, 0.3) is 11.5 Å². The number of nitrogens with zero attached hydrogens (tertiary/aromatic N) is 2. The number of methoxy groups -OCH3 is 1. The van der Waals surface area contributed by atoms with Crippen molar-refractivity contribution >= 4 is 11.7 Å². The van der Waals surface area contributed by atoms with Crippen molar-refractivity contribution in [3.63, 3.8) is 0 Å². The molecule has 0 aliphatic heterocycles. The van der Waals surface area contributed by atoms with Gasteiger partial charge in [-0.2, -0.15) is 5.26 Å². The Morgan fingerprint density at radius 1 is 1.17 bits per heavy atom. The monoisotopic (exact) mass is 491 g/mol. The van der Waals surface area contributed by atoms with Crippen molar-refractivity contribution < 1.29 is 23.5 Å². The number of rotatable bonds is 11. The van der Waals surface area contributed by atoms with Crippen LogP contribution in [0.25, 0.3) is 0 Å². The molecule has 1 heterocycles. The molecule has 0 spiro atoms. The van der Waals surface area contributed by atoms with Crippen LogP contribution in [0.5, 0.6) is 5.75 Å². The van der Waals surface area contributed by atoms with Crippen LogP contribution in [0.4, 0.5) is 4.39 Å². The first-order valence-electron chi connectivity index (χ1n) is 11.3. The lowest BCUT2D eigenvalue weighted by atomic mass is 10.0. The first kappa shape index (κ1) is 26.3. The van der Waals surface area contributed by atoms with Crippen LogP contribution < -0.4 is 15.6 Å². The number of pyridine rings is 1. The molecule has 0 saturated heterocycles. The minimum absolute atomic E-state index is 0.000412. The maximum absolute atomic E-state index is 14.1. The lowest BCUT2D eigenvalue weighted by molar-refractivity contribution is -0.123. The van der Waals surface area contributed by atoms with Crippen LogP contribution in [0, 0.1) is 17.1 Å². The minimum atomic E-state index is -0.679. The van der Waals surface area contributed by atoms with E-state index < -0.39 is 29.7 Å². The maximum atomic E-state index is 14.1. The van der Waals surface area contributed by atoms with Gasteiger partial charge in [0.1, 0.15) is 23.2 Å². The van der Waals surface area contributed by atoms with Crippen LogP contribution in [0.3, 0.4) is 0 Å². The van der Waals surface area contributed by atoms with Gasteiger partial charge >= 0.3 is 0 Å². The molecule has 0 aliphatic rings. The Bertz CT molecular complexity index is 1330. The minimum Gasteiger partial charge on any atom is -0.483 e. The van der Waals surface area contributed by atoms with Gasteiger partial charge < -0.3 is 19.4 Å². The molecule has 1 atom stereocenters. The predicted octanol–water partition coefficient (Wildman–Crippen LogP) is 3.38. The molecule has 186 valence electrons. The van der Waals surface area contributed by atoms with Crippen LogP contribution in [-0.2, 0) is 16.1 Å². The normalized spacial score (nSPS) is 11.4. The Hall–Kier alpha value is -4.29. The second-order valence-electron chi connectivity index (χ2n) is 8.06. The molecule has 1 unspecified atom stereocenters. The highest BCUT2D eigenvalue weighted by atomic mass is 19.1. The van der Waals surface area contributed by atoms with E-state index in [1.165, 1.54) is 30.0 Å². The zero-order valence-electron chi connectivity index (χ0n) is 20.0. The standard InChI is InChI=1S/C27H26FN3O5/c1-18(19-7-4-3-5-8-19)30-25(32)17-36-24-10-9-22(28)14-23(24)26(33)21-13-20(15-29)27(34)31(16-21)11-6-12-35-2/h3-5,7-10,13-14,16,18H,6,11-12,17H2,1-2H3,(H,30,32). The van der Waals surface area contributed by atoms with Crippen LogP contribution in [0.15, 0.2) is 65.6 Å². The number of aromatic nitrogens is 1. The molecule has 8 nitrogen and oxygen atoms in total. The second-order valence-corrected chi connectivity index (χ2v) is 8.06. The number of hydrogen-bond acceptors (Lipinski definition) is 6. The number of carbonyl (C=O) groups is 2. The quantitative estimate of drug-likeness (QED) is 0.325. The number of amides is 1. The van der Waals surface area contributed by atoms with E-state index >= 15 is 0 Å². The molecule has 0 radical (unpaired) electrons. The number of ketones is 1. The first-order valence-corrected chi connectivity index (χ1v) is 11.3. The van der Waals surface area contributed by atoms with Crippen molar-refractivity contribution in [2.24, 2.45) is 0 Å². The summed E-state index contributed by atoms with van der Waals surface area (Å²) in [5, 5.41) is 12.2. The van der Waals surface area contributed by atoms with Crippen molar-refractivity contribution in [1.82, 2.24) is 9.88 Å². The van der Waals surface area contributed by atoms with Crippen molar-refractivity contribution in [1.29, 1.82) is 5.26 Å². The molecule has 1 N–H and O–H groups in total. The molecule has 9 heteroatoms. The molecular weight excluding hydrogens is 465 g/mol. The fourth-order valence-electron chi connectivity index (χ4n) is 3.60. The summed E-state index contributed by atoms with van der Waals surface area (Å²) >= 11 is 0. The van der Waals surface area contributed by atoms with E-state index in [9.17, 15) is 24.0 Å². The zero-order valence-corrected chi connectivity index (χ0v) is 20.0. The maximum Gasteiger partial charge on any atom is 0.268 e. The Balaban J connectivity index is 1.81. The molecule has 0 bridgehead atoms. The van der Waals surface area contributed by atoms with Gasteiger partial charge in [-0.1, -0.05) is 30.3 Å². The highest BCUT2D eigenvalue weighted by Crippen LogP contribution is 2.23. The van der Waals surface area contributed by atoms with E-state index in [4.69, 9.17) is 9.47 Å². The van der Waals surface area contributed by atoms with Gasteiger partial charge in [-0.15, -0.1) is 0 Å². The van der Waals surface area contributed by atoms with Gasteiger partial charge in [0.2, 0.25) is 0 Å². The second kappa shape index (κ2) is 12.4. The third kappa shape index (κ3) is 6.64. The smallest absolute Gasteiger partial charge is 0.268 e. The zero-order chi connectivity index (χ0) is 26.1. The summed E-state index contributed by atoms with van der Waals surface area (Å²) in [6, 6.07) is 15.4. The number of halogens is 1. The lowest BCUT2D eigenvalue weighted by Gasteiger charge is -2.16. The van der Waals surface area contributed by atoms with E-state index in [0.717, 1.165) is 17.7 Å². The fraction of sp³-hybridized carbons (Fsp3) is 0.259. The van der Waals surface area contributed by atoms with Crippen LogP contribution in [0.1, 0.15) is 46.4 Å². The number of carbonyl (C=O) groups excluding carboxylic acids is 2. The highest BCUT2D eigenvalue weighted by Gasteiger charge is 2.20. The SMILES string of the molecule is COCCCn1cc(C(=O)c2cc(F)ccc2OCC(=O)NC(C)c2ccccc2)cc(C#N)c1=O. The van der Waals surface area contributed by atoms with E-state index in [1.807, 2.05) is 37.3 Å². The van der Waals surface area contributed by atoms with Gasteiger partial charge in [-0.3, -0.25) is 14.4 Å². The summed E-state index contributed by atoms with van der Waals surface area (Å²) in [4.78, 5) is 38.2. The number of nitriles is 1. The van der Waals surface area contributed by atoms with Gasteiger partial charge in [-0.25, -0.2) is 4.39 Å². The molecule has 1 aromatic heterocycles. The highest BCUT2D eigenvalue weighted by molar-refractivity contribution is 6.10. The molecule has 36 heavy (non-hydrogen) atoms. The van der Waals surface area contributed by atoms with Crippen molar-refractivity contribution in [3.05, 3.63) is 99.2 Å². The molecule has 3 aromatic rings. The third-order valence-corrected chi connectivity index (χ3v) is 5.44. The van der Waals surface area contributed by atoms with Crippen molar-refractivity contribution in [2.75, 3.05) is 20.3 Å². The first-order chi connectivity index (χ1) is 17.3. The topological polar surface area (TPSA) is 110 Å². The van der Waals surface area contributed by atoms with Crippen molar-refractivity contribution in [2.45, 2.75) is 25.9 Å². The molecule has 1 amide bonds. The third-order valence-electron chi connectivity index (χ3n) is 5.44. The number of nitrogens with one attached hydrogen (secondary N) is 1. The molecule has 0 saturated carbocycles. The Labute approximate surface area is 207 Å². The number of ether oxygens (including phenoxy) is 2. The summed E-state index contributed by atoms with van der Waals surface area (Å²) < 4.78 is 25.9. The molecular formula is C27H26FN3O5. The fourth-order valence-corrected chi connectivity index (χ4v) is 3.60. The molecule has 3 rings (SSSR count). The molecule has 0 fully saturated rings. The summed E-state index contributed by atoms with van der Waals surface area (Å²) in [6.45, 7) is 2.05. The van der Waals surface area contributed by atoms with Crippen LogP contribution >= 0.6 is 0 Å². The summed E-state index contributed by atoms with van der Waals surface area (Å²) in [5.74, 6) is -1.76. The van der Waals surface area contributed by atoms with E-state index in [1.54, 1.807) is 6.07 Å². The Morgan fingerprint density at radius 3 is 2.61 bits per heavy atom. The van der Waals surface area contributed by atoms with Gasteiger partial charge in [0.05, 0.1) is 11.6 Å². The summed E-state index contributed by atoms with van der Waals surface area (Å²) in [6.07, 6.45) is 1.81. The Morgan fingerprint density at radius 2 is 1.92 bits per heavy atom. The molecule has 0 aliphatic carbocycles. The van der Waals surface area contributed by atoms with Crippen molar-refractivity contribution in [3.8, 4) is 11.8 Å². The average molecular weight is 492 g/mol. The van der Waals surface area contributed by atoms with Gasteiger partial charge in [0.15, 0.2) is 12.4 Å². The average Bonchev–Trinajstić information content (AvgIpc) is 2.89. The predicted molar refractivity (Wildman–Crippen MR) is 130 cm³/mol. The van der Waals surface area contributed by atoms with Crippen LogP contribution in [0.2, 0.25) is 0 Å².